The Kier molecular flexibility index (Phi) is 4.29. The third-order valence-electron chi connectivity index (χ3n) is 2.64. The Hall–Kier alpha value is -0.890. The van der Waals surface area contributed by atoms with Crippen LogP contribution in [0.3, 0.4) is 0 Å². The molecule has 0 bridgehead atoms. The van der Waals surface area contributed by atoms with Gasteiger partial charge in [-0.3, -0.25) is 0 Å². The molecule has 1 unspecified atom stereocenters. The van der Waals surface area contributed by atoms with E-state index in [1.165, 1.54) is 17.4 Å². The van der Waals surface area contributed by atoms with Crippen molar-refractivity contribution < 1.29 is 8.42 Å². The molecule has 1 heterocycles. The van der Waals surface area contributed by atoms with Crippen LogP contribution < -0.4 is 10.5 Å². The number of hydrogen-bond acceptors (Lipinski definition) is 4. The molecule has 19 heavy (non-hydrogen) atoms. The molecule has 3 N–H and O–H groups in total. The van der Waals surface area contributed by atoms with Gasteiger partial charge in [-0.05, 0) is 47.5 Å². The van der Waals surface area contributed by atoms with Crippen LogP contribution in [0.1, 0.15) is 18.5 Å². The molecule has 4 nitrogen and oxygen atoms in total. The van der Waals surface area contributed by atoms with Gasteiger partial charge in [0.1, 0.15) is 4.90 Å². The fraction of sp³-hybridized carbons (Fsp3) is 0.167. The SMILES string of the molecule is CC(NS(=O)(=O)c1ccc(Br)cc1N)c1ccsc1. The van der Waals surface area contributed by atoms with Gasteiger partial charge in [0.25, 0.3) is 0 Å². The van der Waals surface area contributed by atoms with Crippen LogP contribution in [0.25, 0.3) is 0 Å². The molecule has 1 aromatic heterocycles. The number of halogens is 1. The lowest BCUT2D eigenvalue weighted by Gasteiger charge is -2.14. The summed E-state index contributed by atoms with van der Waals surface area (Å²) < 4.78 is 27.9. The lowest BCUT2D eigenvalue weighted by molar-refractivity contribution is 0.567. The molecule has 2 rings (SSSR count). The summed E-state index contributed by atoms with van der Waals surface area (Å²) in [5, 5.41) is 3.83. The fourth-order valence-electron chi connectivity index (χ4n) is 1.65. The number of rotatable bonds is 4. The van der Waals surface area contributed by atoms with Crippen LogP contribution in [-0.2, 0) is 10.0 Å². The molecule has 102 valence electrons. The maximum Gasteiger partial charge on any atom is 0.243 e. The van der Waals surface area contributed by atoms with Crippen LogP contribution >= 0.6 is 27.3 Å². The summed E-state index contributed by atoms with van der Waals surface area (Å²) in [4.78, 5) is 0.0952. The second-order valence-corrected chi connectivity index (χ2v) is 7.46. The zero-order chi connectivity index (χ0) is 14.0. The van der Waals surface area contributed by atoms with Gasteiger partial charge in [0.15, 0.2) is 0 Å². The average Bonchev–Trinajstić information content (AvgIpc) is 2.80. The third kappa shape index (κ3) is 3.36. The van der Waals surface area contributed by atoms with Gasteiger partial charge in [-0.2, -0.15) is 11.3 Å². The van der Waals surface area contributed by atoms with Crippen molar-refractivity contribution >= 4 is 43.0 Å². The van der Waals surface area contributed by atoms with Crippen LogP contribution in [0, 0.1) is 0 Å². The molecule has 1 aromatic carbocycles. The lowest BCUT2D eigenvalue weighted by atomic mass is 10.2. The van der Waals surface area contributed by atoms with Crippen LogP contribution in [0.2, 0.25) is 0 Å². The Morgan fingerprint density at radius 1 is 1.37 bits per heavy atom. The van der Waals surface area contributed by atoms with Gasteiger partial charge in [0.05, 0.1) is 5.69 Å². The molecule has 0 aliphatic heterocycles. The molecule has 0 radical (unpaired) electrons. The second-order valence-electron chi connectivity index (χ2n) is 4.08. The van der Waals surface area contributed by atoms with Crippen molar-refractivity contribution in [2.45, 2.75) is 17.9 Å². The highest BCUT2D eigenvalue weighted by molar-refractivity contribution is 9.10. The van der Waals surface area contributed by atoms with Gasteiger partial charge >= 0.3 is 0 Å². The summed E-state index contributed by atoms with van der Waals surface area (Å²) >= 11 is 4.78. The van der Waals surface area contributed by atoms with Crippen molar-refractivity contribution in [2.24, 2.45) is 0 Å². The number of nitrogen functional groups attached to an aromatic ring is 1. The first-order valence-electron chi connectivity index (χ1n) is 5.49. The van der Waals surface area contributed by atoms with E-state index >= 15 is 0 Å². The van der Waals surface area contributed by atoms with E-state index < -0.39 is 10.0 Å². The number of nitrogens with one attached hydrogen (secondary N) is 1. The van der Waals surface area contributed by atoms with Gasteiger partial charge in [0, 0.05) is 10.5 Å². The first kappa shape index (κ1) is 14.5. The number of benzene rings is 1. The Bertz CT molecular complexity index is 669. The maximum atomic E-state index is 12.3. The van der Waals surface area contributed by atoms with Crippen molar-refractivity contribution in [1.82, 2.24) is 4.72 Å². The van der Waals surface area contributed by atoms with Crippen molar-refractivity contribution in [3.8, 4) is 0 Å². The molecule has 2 aromatic rings. The minimum Gasteiger partial charge on any atom is -0.398 e. The molecular weight excluding hydrogens is 348 g/mol. The van der Waals surface area contributed by atoms with Crippen molar-refractivity contribution in [3.63, 3.8) is 0 Å². The van der Waals surface area contributed by atoms with Crippen LogP contribution in [0.5, 0.6) is 0 Å². The van der Waals surface area contributed by atoms with E-state index in [4.69, 9.17) is 5.73 Å². The zero-order valence-corrected chi connectivity index (χ0v) is 13.3. The highest BCUT2D eigenvalue weighted by atomic mass is 79.9. The number of thiophene rings is 1. The van der Waals surface area contributed by atoms with Gasteiger partial charge in [-0.1, -0.05) is 15.9 Å². The van der Waals surface area contributed by atoms with E-state index in [2.05, 4.69) is 20.7 Å². The second kappa shape index (κ2) is 5.62. The summed E-state index contributed by atoms with van der Waals surface area (Å²) in [6.07, 6.45) is 0. The van der Waals surface area contributed by atoms with Crippen molar-refractivity contribution in [1.29, 1.82) is 0 Å². The monoisotopic (exact) mass is 360 g/mol. The van der Waals surface area contributed by atoms with E-state index in [-0.39, 0.29) is 16.6 Å². The van der Waals surface area contributed by atoms with E-state index in [1.807, 2.05) is 16.8 Å². The first-order chi connectivity index (χ1) is 8.90. The molecule has 0 spiro atoms. The van der Waals surface area contributed by atoms with E-state index in [0.717, 1.165) is 10.0 Å². The van der Waals surface area contributed by atoms with Crippen LogP contribution in [0.4, 0.5) is 5.69 Å². The quantitative estimate of drug-likeness (QED) is 0.822. The summed E-state index contributed by atoms with van der Waals surface area (Å²) in [5.74, 6) is 0. The van der Waals surface area contributed by atoms with E-state index in [9.17, 15) is 8.42 Å². The lowest BCUT2D eigenvalue weighted by Crippen LogP contribution is -2.27. The first-order valence-corrected chi connectivity index (χ1v) is 8.71. The number of sulfonamides is 1. The topological polar surface area (TPSA) is 72.2 Å². The normalized spacial score (nSPS) is 13.4. The Morgan fingerprint density at radius 2 is 2.11 bits per heavy atom. The molecule has 0 aliphatic carbocycles. The largest absolute Gasteiger partial charge is 0.398 e. The molecule has 0 saturated carbocycles. The summed E-state index contributed by atoms with van der Waals surface area (Å²) in [5.41, 5.74) is 6.91. The molecule has 0 amide bonds. The smallest absolute Gasteiger partial charge is 0.243 e. The summed E-state index contributed by atoms with van der Waals surface area (Å²) in [6, 6.07) is 6.31. The minimum atomic E-state index is -3.62. The third-order valence-corrected chi connectivity index (χ3v) is 5.45. The summed E-state index contributed by atoms with van der Waals surface area (Å²) in [7, 11) is -3.62. The molecule has 0 saturated heterocycles. The van der Waals surface area contributed by atoms with E-state index in [1.54, 1.807) is 19.1 Å². The van der Waals surface area contributed by atoms with Gasteiger partial charge in [0.2, 0.25) is 10.0 Å². The minimum absolute atomic E-state index is 0.0952. The molecule has 1 atom stereocenters. The number of nitrogens with two attached hydrogens (primary N) is 1. The predicted octanol–water partition coefficient (Wildman–Crippen LogP) is 3.13. The Balaban J connectivity index is 2.28. The fourth-order valence-corrected chi connectivity index (χ4v) is 4.13. The Morgan fingerprint density at radius 3 is 2.68 bits per heavy atom. The van der Waals surface area contributed by atoms with Crippen molar-refractivity contribution in [3.05, 3.63) is 45.1 Å². The highest BCUT2D eigenvalue weighted by Gasteiger charge is 2.21. The van der Waals surface area contributed by atoms with Crippen LogP contribution in [0.15, 0.2) is 44.4 Å². The molecular formula is C12H13BrN2O2S2. The van der Waals surface area contributed by atoms with Gasteiger partial charge in [-0.15, -0.1) is 0 Å². The zero-order valence-electron chi connectivity index (χ0n) is 10.1. The predicted molar refractivity (Wildman–Crippen MR) is 81.6 cm³/mol. The average molecular weight is 361 g/mol. The number of anilines is 1. The van der Waals surface area contributed by atoms with Gasteiger partial charge in [-0.25, -0.2) is 13.1 Å². The molecule has 7 heteroatoms. The highest BCUT2D eigenvalue weighted by Crippen LogP contribution is 2.25. The van der Waals surface area contributed by atoms with Gasteiger partial charge < -0.3 is 5.73 Å². The summed E-state index contributed by atoms with van der Waals surface area (Å²) in [6.45, 7) is 1.80. The Labute approximate surface area is 124 Å². The van der Waals surface area contributed by atoms with E-state index in [0.29, 0.717) is 0 Å². The molecule has 0 fully saturated rings. The molecule has 0 aliphatic rings. The maximum absolute atomic E-state index is 12.3. The number of hydrogen-bond donors (Lipinski definition) is 2. The van der Waals surface area contributed by atoms with Crippen LogP contribution in [-0.4, -0.2) is 8.42 Å². The standard InChI is InChI=1S/C12H13BrN2O2S2/c1-8(9-4-5-18-7-9)15-19(16,17)12-3-2-10(13)6-11(12)14/h2-8,15H,14H2,1H3. The van der Waals surface area contributed by atoms with Crippen molar-refractivity contribution in [2.75, 3.05) is 5.73 Å².